The molecule has 0 fully saturated rings. The van der Waals surface area contributed by atoms with Gasteiger partial charge in [-0.25, -0.2) is 12.8 Å². The topological polar surface area (TPSA) is 59.1 Å². The molecule has 7 heteroatoms. The molecule has 0 bridgehead atoms. The van der Waals surface area contributed by atoms with Gasteiger partial charge >= 0.3 is 0 Å². The fourth-order valence-electron chi connectivity index (χ4n) is 1.76. The minimum absolute atomic E-state index is 0.110. The van der Waals surface area contributed by atoms with Gasteiger partial charge in [0.2, 0.25) is 10.0 Å². The number of anilines is 1. The van der Waals surface area contributed by atoms with Crippen LogP contribution in [0.15, 0.2) is 41.0 Å². The highest BCUT2D eigenvalue weighted by molar-refractivity contribution is 9.10. The van der Waals surface area contributed by atoms with E-state index >= 15 is 0 Å². The maximum atomic E-state index is 13.5. The molecule has 1 aromatic carbocycles. The molecule has 0 saturated heterocycles. The minimum Gasteiger partial charge on any atom is -0.283 e. The van der Waals surface area contributed by atoms with E-state index in [1.807, 2.05) is 0 Å². The average Bonchev–Trinajstić information content (AvgIpc) is 2.44. The zero-order valence-electron chi connectivity index (χ0n) is 11.3. The van der Waals surface area contributed by atoms with Crippen LogP contribution in [0.2, 0.25) is 0 Å². The first-order valence-corrected chi connectivity index (χ1v) is 8.68. The SMILES string of the molecule is Cc1cc(Br)c(F)cc1NS(=O)(=O)CCc1ccccn1. The smallest absolute Gasteiger partial charge is 0.233 e. The van der Waals surface area contributed by atoms with E-state index in [-0.39, 0.29) is 11.4 Å². The average molecular weight is 373 g/mol. The summed E-state index contributed by atoms with van der Waals surface area (Å²) < 4.78 is 40.3. The van der Waals surface area contributed by atoms with Crippen LogP contribution >= 0.6 is 15.9 Å². The van der Waals surface area contributed by atoms with E-state index in [2.05, 4.69) is 25.6 Å². The number of hydrogen-bond donors (Lipinski definition) is 1. The first-order valence-electron chi connectivity index (χ1n) is 6.23. The lowest BCUT2D eigenvalue weighted by molar-refractivity contribution is 0.600. The van der Waals surface area contributed by atoms with E-state index in [0.717, 1.165) is 6.07 Å². The molecule has 0 unspecified atom stereocenters. The molecule has 2 rings (SSSR count). The van der Waals surface area contributed by atoms with E-state index < -0.39 is 15.8 Å². The van der Waals surface area contributed by atoms with Crippen LogP contribution in [0.3, 0.4) is 0 Å². The molecule has 0 radical (unpaired) electrons. The molecular weight excluding hydrogens is 359 g/mol. The molecular formula is C14H14BrFN2O2S. The molecule has 1 aromatic heterocycles. The van der Waals surface area contributed by atoms with Crippen molar-refractivity contribution in [2.45, 2.75) is 13.3 Å². The van der Waals surface area contributed by atoms with E-state index in [1.165, 1.54) is 6.07 Å². The van der Waals surface area contributed by atoms with Gasteiger partial charge in [-0.2, -0.15) is 0 Å². The summed E-state index contributed by atoms with van der Waals surface area (Å²) in [6, 6.07) is 8.03. The van der Waals surface area contributed by atoms with Gasteiger partial charge in [-0.15, -0.1) is 0 Å². The second-order valence-electron chi connectivity index (χ2n) is 4.57. The van der Waals surface area contributed by atoms with Gasteiger partial charge < -0.3 is 0 Å². The number of aryl methyl sites for hydroxylation is 2. The summed E-state index contributed by atoms with van der Waals surface area (Å²) in [5, 5.41) is 0. The third-order valence-corrected chi connectivity index (χ3v) is 4.77. The third-order valence-electron chi connectivity index (χ3n) is 2.89. The van der Waals surface area contributed by atoms with E-state index in [4.69, 9.17) is 0 Å². The fourth-order valence-corrected chi connectivity index (χ4v) is 3.35. The summed E-state index contributed by atoms with van der Waals surface area (Å²) in [5.74, 6) is -0.621. The van der Waals surface area contributed by atoms with Crippen molar-refractivity contribution >= 4 is 31.6 Å². The second kappa shape index (κ2) is 6.53. The number of halogens is 2. The largest absolute Gasteiger partial charge is 0.283 e. The fraction of sp³-hybridized carbons (Fsp3) is 0.214. The van der Waals surface area contributed by atoms with Crippen LogP contribution in [-0.4, -0.2) is 19.2 Å². The summed E-state index contributed by atoms with van der Waals surface area (Å²) in [7, 11) is -3.56. The van der Waals surface area contributed by atoms with Crippen LogP contribution < -0.4 is 4.72 Å². The summed E-state index contributed by atoms with van der Waals surface area (Å²) in [5.41, 5.74) is 1.59. The molecule has 4 nitrogen and oxygen atoms in total. The Morgan fingerprint density at radius 1 is 1.33 bits per heavy atom. The number of pyridine rings is 1. The molecule has 0 saturated carbocycles. The zero-order chi connectivity index (χ0) is 15.5. The van der Waals surface area contributed by atoms with Crippen LogP contribution in [0.4, 0.5) is 10.1 Å². The number of nitrogens with one attached hydrogen (secondary N) is 1. The maximum absolute atomic E-state index is 13.5. The first kappa shape index (κ1) is 15.9. The Morgan fingerprint density at radius 3 is 2.76 bits per heavy atom. The number of benzene rings is 1. The molecule has 21 heavy (non-hydrogen) atoms. The first-order chi connectivity index (χ1) is 9.87. The van der Waals surface area contributed by atoms with Crippen LogP contribution in [0.25, 0.3) is 0 Å². The van der Waals surface area contributed by atoms with E-state index in [9.17, 15) is 12.8 Å². The molecule has 0 aliphatic heterocycles. The van der Waals surface area contributed by atoms with Crippen molar-refractivity contribution in [1.82, 2.24) is 4.98 Å². The molecule has 0 spiro atoms. The molecule has 1 N–H and O–H groups in total. The number of sulfonamides is 1. The highest BCUT2D eigenvalue weighted by Crippen LogP contribution is 2.24. The van der Waals surface area contributed by atoms with Crippen molar-refractivity contribution in [3.63, 3.8) is 0 Å². The number of nitrogens with zero attached hydrogens (tertiary/aromatic N) is 1. The van der Waals surface area contributed by atoms with Gasteiger partial charge in [-0.1, -0.05) is 6.07 Å². The molecule has 112 valence electrons. The lowest BCUT2D eigenvalue weighted by Crippen LogP contribution is -2.19. The van der Waals surface area contributed by atoms with Crippen molar-refractivity contribution in [1.29, 1.82) is 0 Å². The van der Waals surface area contributed by atoms with E-state index in [1.54, 1.807) is 31.3 Å². The van der Waals surface area contributed by atoms with Gasteiger partial charge in [0.15, 0.2) is 0 Å². The quantitative estimate of drug-likeness (QED) is 0.875. The normalized spacial score (nSPS) is 11.4. The Balaban J connectivity index is 2.09. The highest BCUT2D eigenvalue weighted by Gasteiger charge is 2.14. The van der Waals surface area contributed by atoms with Gasteiger partial charge in [0.25, 0.3) is 0 Å². The van der Waals surface area contributed by atoms with Crippen molar-refractivity contribution in [3.8, 4) is 0 Å². The standard InChI is InChI=1S/C14H14BrFN2O2S/c1-10-8-12(15)13(16)9-14(10)18-21(19,20)7-5-11-4-2-3-6-17-11/h2-4,6,8-9,18H,5,7H2,1H3. The lowest BCUT2D eigenvalue weighted by atomic mass is 10.2. The Labute approximate surface area is 131 Å². The summed E-state index contributed by atoms with van der Waals surface area (Å²) in [6.45, 7) is 1.71. The van der Waals surface area contributed by atoms with Crippen molar-refractivity contribution < 1.29 is 12.8 Å². The molecule has 2 aromatic rings. The lowest BCUT2D eigenvalue weighted by Gasteiger charge is -2.11. The van der Waals surface area contributed by atoms with Gasteiger partial charge in [0.05, 0.1) is 15.9 Å². The highest BCUT2D eigenvalue weighted by atomic mass is 79.9. The number of hydrogen-bond acceptors (Lipinski definition) is 3. The summed E-state index contributed by atoms with van der Waals surface area (Å²) in [6.07, 6.45) is 1.91. The summed E-state index contributed by atoms with van der Waals surface area (Å²) >= 11 is 3.06. The molecule has 0 aliphatic rings. The van der Waals surface area contributed by atoms with Crippen molar-refractivity contribution in [2.24, 2.45) is 0 Å². The predicted molar refractivity (Wildman–Crippen MR) is 84.2 cm³/mol. The number of aromatic nitrogens is 1. The van der Waals surface area contributed by atoms with Crippen molar-refractivity contribution in [3.05, 3.63) is 58.1 Å². The van der Waals surface area contributed by atoms with Gasteiger partial charge in [-0.05, 0) is 52.7 Å². The van der Waals surface area contributed by atoms with E-state index in [0.29, 0.717) is 22.2 Å². The summed E-state index contributed by atoms with van der Waals surface area (Å²) in [4.78, 5) is 4.07. The third kappa shape index (κ3) is 4.50. The van der Waals surface area contributed by atoms with Gasteiger partial charge in [0.1, 0.15) is 5.82 Å². The number of rotatable bonds is 5. The van der Waals surface area contributed by atoms with Gasteiger partial charge in [-0.3, -0.25) is 9.71 Å². The molecule has 0 aliphatic carbocycles. The maximum Gasteiger partial charge on any atom is 0.233 e. The Bertz CT molecular complexity index is 736. The van der Waals surface area contributed by atoms with Crippen LogP contribution in [-0.2, 0) is 16.4 Å². The Hall–Kier alpha value is -1.47. The Kier molecular flexibility index (Phi) is 4.95. The monoisotopic (exact) mass is 372 g/mol. The van der Waals surface area contributed by atoms with Crippen molar-refractivity contribution in [2.75, 3.05) is 10.5 Å². The minimum atomic E-state index is -3.56. The molecule has 1 heterocycles. The second-order valence-corrected chi connectivity index (χ2v) is 7.27. The molecule has 0 atom stereocenters. The van der Waals surface area contributed by atoms with Crippen LogP contribution in [0.5, 0.6) is 0 Å². The van der Waals surface area contributed by atoms with Crippen LogP contribution in [0.1, 0.15) is 11.3 Å². The Morgan fingerprint density at radius 2 is 2.10 bits per heavy atom. The van der Waals surface area contributed by atoms with Crippen LogP contribution in [0, 0.1) is 12.7 Å². The zero-order valence-corrected chi connectivity index (χ0v) is 13.7. The van der Waals surface area contributed by atoms with Gasteiger partial charge in [0, 0.05) is 18.3 Å². The molecule has 0 amide bonds. The predicted octanol–water partition coefficient (Wildman–Crippen LogP) is 3.28.